The Morgan fingerprint density at radius 1 is 1.35 bits per heavy atom. The van der Waals surface area contributed by atoms with Crippen LogP contribution in [0.2, 0.25) is 0 Å². The molecule has 0 N–H and O–H groups in total. The van der Waals surface area contributed by atoms with Gasteiger partial charge in [-0.05, 0) is 31.0 Å². The number of nitrogens with zero attached hydrogens (tertiary/aromatic N) is 3. The monoisotopic (exact) mass is 313 g/mol. The molecule has 120 valence electrons. The number of aryl methyl sites for hydroxylation is 3. The zero-order valence-corrected chi connectivity index (χ0v) is 13.5. The average Bonchev–Trinajstić information content (AvgIpc) is 2.93. The smallest absolute Gasteiger partial charge is 0.336 e. The van der Waals surface area contributed by atoms with Gasteiger partial charge in [-0.1, -0.05) is 13.3 Å². The number of aromatic nitrogens is 3. The SMILES string of the molecule is CCCc1cc(=O)oc2c(C)c(OCc3nncn3C)ccc12. The lowest BCUT2D eigenvalue weighted by atomic mass is 10.0. The highest BCUT2D eigenvalue weighted by atomic mass is 16.5. The van der Waals surface area contributed by atoms with Crippen molar-refractivity contribution in [3.05, 3.63) is 51.9 Å². The lowest BCUT2D eigenvalue weighted by molar-refractivity contribution is 0.289. The molecule has 0 bridgehead atoms. The minimum atomic E-state index is -0.325. The Morgan fingerprint density at radius 3 is 2.87 bits per heavy atom. The van der Waals surface area contributed by atoms with Crippen LogP contribution in [-0.2, 0) is 20.1 Å². The second kappa shape index (κ2) is 6.24. The molecule has 3 aromatic rings. The second-order valence-electron chi connectivity index (χ2n) is 5.55. The van der Waals surface area contributed by atoms with Crippen molar-refractivity contribution < 1.29 is 9.15 Å². The van der Waals surface area contributed by atoms with Gasteiger partial charge in [-0.2, -0.15) is 0 Å². The first-order valence-corrected chi connectivity index (χ1v) is 7.62. The highest BCUT2D eigenvalue weighted by Crippen LogP contribution is 2.29. The Hall–Kier alpha value is -2.63. The van der Waals surface area contributed by atoms with Crippen molar-refractivity contribution in [1.82, 2.24) is 14.8 Å². The minimum Gasteiger partial charge on any atom is -0.485 e. The van der Waals surface area contributed by atoms with Gasteiger partial charge in [0.15, 0.2) is 5.82 Å². The van der Waals surface area contributed by atoms with Crippen LogP contribution in [0.4, 0.5) is 0 Å². The van der Waals surface area contributed by atoms with Gasteiger partial charge in [-0.3, -0.25) is 0 Å². The molecule has 0 radical (unpaired) electrons. The fraction of sp³-hybridized carbons (Fsp3) is 0.353. The van der Waals surface area contributed by atoms with Gasteiger partial charge < -0.3 is 13.7 Å². The summed E-state index contributed by atoms with van der Waals surface area (Å²) in [5.74, 6) is 1.41. The Labute approximate surface area is 133 Å². The normalized spacial score (nSPS) is 11.1. The van der Waals surface area contributed by atoms with Crippen LogP contribution in [0.1, 0.15) is 30.3 Å². The van der Waals surface area contributed by atoms with E-state index >= 15 is 0 Å². The van der Waals surface area contributed by atoms with Crippen molar-refractivity contribution in [3.63, 3.8) is 0 Å². The van der Waals surface area contributed by atoms with Gasteiger partial charge >= 0.3 is 5.63 Å². The van der Waals surface area contributed by atoms with E-state index < -0.39 is 0 Å². The van der Waals surface area contributed by atoms with Crippen LogP contribution in [0.25, 0.3) is 11.0 Å². The van der Waals surface area contributed by atoms with Crippen LogP contribution in [-0.4, -0.2) is 14.8 Å². The van der Waals surface area contributed by atoms with Crippen LogP contribution in [0.5, 0.6) is 5.75 Å². The van der Waals surface area contributed by atoms with Crippen molar-refractivity contribution in [3.8, 4) is 5.75 Å². The van der Waals surface area contributed by atoms with E-state index in [0.29, 0.717) is 17.9 Å². The van der Waals surface area contributed by atoms with Crippen molar-refractivity contribution in [2.45, 2.75) is 33.3 Å². The molecule has 0 unspecified atom stereocenters. The molecule has 0 fully saturated rings. The summed E-state index contributed by atoms with van der Waals surface area (Å²) < 4.78 is 13.0. The summed E-state index contributed by atoms with van der Waals surface area (Å²) in [4.78, 5) is 11.8. The van der Waals surface area contributed by atoms with E-state index in [1.54, 1.807) is 17.0 Å². The average molecular weight is 313 g/mol. The van der Waals surface area contributed by atoms with Crippen LogP contribution in [0.3, 0.4) is 0 Å². The van der Waals surface area contributed by atoms with Gasteiger partial charge in [-0.25, -0.2) is 4.79 Å². The summed E-state index contributed by atoms with van der Waals surface area (Å²) in [6.07, 6.45) is 3.45. The zero-order chi connectivity index (χ0) is 16.4. The zero-order valence-electron chi connectivity index (χ0n) is 13.5. The molecule has 6 nitrogen and oxygen atoms in total. The topological polar surface area (TPSA) is 70.2 Å². The molecule has 23 heavy (non-hydrogen) atoms. The maximum atomic E-state index is 11.8. The number of ether oxygens (including phenoxy) is 1. The number of hydrogen-bond donors (Lipinski definition) is 0. The van der Waals surface area contributed by atoms with E-state index in [9.17, 15) is 4.79 Å². The highest BCUT2D eigenvalue weighted by Gasteiger charge is 2.12. The number of fused-ring (bicyclic) bond motifs is 1. The molecule has 2 aromatic heterocycles. The molecule has 0 spiro atoms. The van der Waals surface area contributed by atoms with Gasteiger partial charge in [0.05, 0.1) is 0 Å². The molecular weight excluding hydrogens is 294 g/mol. The van der Waals surface area contributed by atoms with E-state index in [2.05, 4.69) is 17.1 Å². The second-order valence-corrected chi connectivity index (χ2v) is 5.55. The number of hydrogen-bond acceptors (Lipinski definition) is 5. The fourth-order valence-electron chi connectivity index (χ4n) is 2.62. The van der Waals surface area contributed by atoms with Crippen LogP contribution < -0.4 is 10.4 Å². The Balaban J connectivity index is 1.98. The Kier molecular flexibility index (Phi) is 4.14. The van der Waals surface area contributed by atoms with Crippen LogP contribution in [0.15, 0.2) is 33.7 Å². The number of rotatable bonds is 5. The van der Waals surface area contributed by atoms with Gasteiger partial charge in [0.25, 0.3) is 0 Å². The van der Waals surface area contributed by atoms with E-state index in [1.165, 1.54) is 0 Å². The first-order valence-electron chi connectivity index (χ1n) is 7.62. The highest BCUT2D eigenvalue weighted by molar-refractivity contribution is 5.84. The van der Waals surface area contributed by atoms with Crippen LogP contribution in [0, 0.1) is 6.92 Å². The Morgan fingerprint density at radius 2 is 2.17 bits per heavy atom. The molecule has 0 amide bonds. The first kappa shape index (κ1) is 15.3. The van der Waals surface area contributed by atoms with Crippen molar-refractivity contribution >= 4 is 11.0 Å². The largest absolute Gasteiger partial charge is 0.485 e. The van der Waals surface area contributed by atoms with Crippen molar-refractivity contribution in [2.24, 2.45) is 7.05 Å². The van der Waals surface area contributed by atoms with Gasteiger partial charge in [0.2, 0.25) is 0 Å². The third-order valence-electron chi connectivity index (χ3n) is 3.88. The third-order valence-corrected chi connectivity index (χ3v) is 3.88. The fourth-order valence-corrected chi connectivity index (χ4v) is 2.62. The van der Waals surface area contributed by atoms with Gasteiger partial charge in [-0.15, -0.1) is 10.2 Å². The molecule has 1 aromatic carbocycles. The van der Waals surface area contributed by atoms with E-state index in [0.717, 1.165) is 35.2 Å². The van der Waals surface area contributed by atoms with Crippen molar-refractivity contribution in [1.29, 1.82) is 0 Å². The van der Waals surface area contributed by atoms with Gasteiger partial charge in [0, 0.05) is 24.1 Å². The van der Waals surface area contributed by atoms with E-state index in [4.69, 9.17) is 9.15 Å². The molecule has 2 heterocycles. The molecule has 0 saturated carbocycles. The van der Waals surface area contributed by atoms with Crippen molar-refractivity contribution in [2.75, 3.05) is 0 Å². The summed E-state index contributed by atoms with van der Waals surface area (Å²) in [6.45, 7) is 4.29. The molecule has 0 atom stereocenters. The predicted molar refractivity (Wildman–Crippen MR) is 86.6 cm³/mol. The Bertz CT molecular complexity index is 896. The molecule has 0 saturated heterocycles. The molecule has 0 aliphatic heterocycles. The molecule has 0 aliphatic carbocycles. The maximum absolute atomic E-state index is 11.8. The maximum Gasteiger partial charge on any atom is 0.336 e. The first-order chi connectivity index (χ1) is 11.1. The van der Waals surface area contributed by atoms with Gasteiger partial charge in [0.1, 0.15) is 24.3 Å². The van der Waals surface area contributed by atoms with E-state index in [1.807, 2.05) is 26.1 Å². The summed E-state index contributed by atoms with van der Waals surface area (Å²) in [6, 6.07) is 5.43. The van der Waals surface area contributed by atoms with E-state index in [-0.39, 0.29) is 5.63 Å². The third kappa shape index (κ3) is 2.97. The summed E-state index contributed by atoms with van der Waals surface area (Å²) >= 11 is 0. The quantitative estimate of drug-likeness (QED) is 0.677. The molecule has 3 rings (SSSR count). The standard InChI is InChI=1S/C17H19N3O3/c1-4-5-12-8-16(21)23-17-11(2)14(7-6-13(12)17)22-9-15-19-18-10-20(15)3/h6-8,10H,4-5,9H2,1-3H3. The predicted octanol–water partition coefficient (Wildman–Crippen LogP) is 2.76. The summed E-state index contributed by atoms with van der Waals surface area (Å²) in [5.41, 5.74) is 2.10. The summed E-state index contributed by atoms with van der Waals surface area (Å²) in [5, 5.41) is 8.78. The number of benzene rings is 1. The van der Waals surface area contributed by atoms with Crippen LogP contribution >= 0.6 is 0 Å². The molecule has 6 heteroatoms. The summed E-state index contributed by atoms with van der Waals surface area (Å²) in [7, 11) is 1.86. The lowest BCUT2D eigenvalue weighted by Crippen LogP contribution is -2.05. The molecular formula is C17H19N3O3. The molecule has 0 aliphatic rings. The lowest BCUT2D eigenvalue weighted by Gasteiger charge is -2.12. The minimum absolute atomic E-state index is 0.307.